The Bertz CT molecular complexity index is 989. The zero-order valence-electron chi connectivity index (χ0n) is 15.3. The Morgan fingerprint density at radius 1 is 1.00 bits per heavy atom. The average molecular weight is 377 g/mol. The molecule has 2 heterocycles. The molecule has 4 rings (SSSR count). The summed E-state index contributed by atoms with van der Waals surface area (Å²) in [4.78, 5) is 16.8. The third kappa shape index (κ3) is 3.98. The predicted octanol–water partition coefficient (Wildman–Crippen LogP) is 3.86. The maximum atomic E-state index is 12.5. The number of nitrogens with one attached hydrogen (secondary N) is 2. The fourth-order valence-corrected chi connectivity index (χ4v) is 2.78. The van der Waals surface area contributed by atoms with Gasteiger partial charge in [0.1, 0.15) is 24.8 Å². The molecule has 1 aromatic heterocycles. The molecule has 2 N–H and O–H groups in total. The number of hydrogen-bond acceptors (Lipinski definition) is 6. The summed E-state index contributed by atoms with van der Waals surface area (Å²) in [6.07, 6.45) is 1.52. The summed E-state index contributed by atoms with van der Waals surface area (Å²) in [6.45, 7) is 1.02. The topological polar surface area (TPSA) is 81.7 Å². The molecule has 142 valence electrons. The molecule has 0 bridgehead atoms. The number of benzene rings is 2. The van der Waals surface area contributed by atoms with Crippen molar-refractivity contribution in [2.45, 2.75) is 0 Å². The first-order valence-electron chi connectivity index (χ1n) is 8.79. The minimum atomic E-state index is -0.253. The van der Waals surface area contributed by atoms with Crippen LogP contribution in [0.3, 0.4) is 0 Å². The number of carbonyl (C=O) groups excluding carboxylic acids is 1. The number of amides is 1. The van der Waals surface area contributed by atoms with E-state index in [-0.39, 0.29) is 5.91 Å². The van der Waals surface area contributed by atoms with Crippen LogP contribution in [0.5, 0.6) is 17.2 Å². The Labute approximate surface area is 162 Å². The normalized spacial score (nSPS) is 12.2. The second-order valence-electron chi connectivity index (χ2n) is 6.10. The van der Waals surface area contributed by atoms with Crippen LogP contribution in [0.15, 0.2) is 60.8 Å². The molecular weight excluding hydrogens is 358 g/mol. The van der Waals surface area contributed by atoms with Crippen LogP contribution in [0.25, 0.3) is 0 Å². The van der Waals surface area contributed by atoms with Crippen molar-refractivity contribution in [3.63, 3.8) is 0 Å². The first kappa shape index (κ1) is 17.7. The van der Waals surface area contributed by atoms with Gasteiger partial charge >= 0.3 is 0 Å². The largest absolute Gasteiger partial charge is 0.497 e. The van der Waals surface area contributed by atoms with Gasteiger partial charge in [-0.1, -0.05) is 6.07 Å². The maximum absolute atomic E-state index is 12.5. The lowest BCUT2D eigenvalue weighted by molar-refractivity contribution is 0.102. The van der Waals surface area contributed by atoms with Crippen molar-refractivity contribution in [3.8, 4) is 17.2 Å². The predicted molar refractivity (Wildman–Crippen MR) is 106 cm³/mol. The average Bonchev–Trinajstić information content (AvgIpc) is 2.74. The van der Waals surface area contributed by atoms with Crippen LogP contribution in [0.4, 0.5) is 17.2 Å². The Morgan fingerprint density at radius 3 is 2.64 bits per heavy atom. The highest BCUT2D eigenvalue weighted by Crippen LogP contribution is 2.32. The lowest BCUT2D eigenvalue weighted by Gasteiger charge is -2.19. The van der Waals surface area contributed by atoms with Crippen molar-refractivity contribution >= 4 is 23.1 Å². The first-order valence-corrected chi connectivity index (χ1v) is 8.79. The summed E-state index contributed by atoms with van der Waals surface area (Å²) in [7, 11) is 1.62. The van der Waals surface area contributed by atoms with E-state index in [9.17, 15) is 4.79 Å². The third-order valence-electron chi connectivity index (χ3n) is 4.17. The lowest BCUT2D eigenvalue weighted by Crippen LogP contribution is -2.16. The Hall–Kier alpha value is -3.74. The van der Waals surface area contributed by atoms with E-state index in [1.165, 1.54) is 6.20 Å². The van der Waals surface area contributed by atoms with Crippen LogP contribution in [-0.4, -0.2) is 31.2 Å². The summed E-state index contributed by atoms with van der Waals surface area (Å²) < 4.78 is 16.2. The summed E-state index contributed by atoms with van der Waals surface area (Å²) in [6, 6.07) is 16.3. The second-order valence-corrected chi connectivity index (χ2v) is 6.10. The second kappa shape index (κ2) is 7.87. The molecule has 2 aromatic carbocycles. The molecule has 0 saturated carbocycles. The van der Waals surface area contributed by atoms with Crippen molar-refractivity contribution in [1.82, 2.24) is 4.98 Å². The summed E-state index contributed by atoms with van der Waals surface area (Å²) >= 11 is 0. The van der Waals surface area contributed by atoms with Gasteiger partial charge in [-0.25, -0.2) is 4.98 Å². The van der Waals surface area contributed by atoms with Crippen LogP contribution in [-0.2, 0) is 0 Å². The van der Waals surface area contributed by atoms with Gasteiger partial charge < -0.3 is 24.8 Å². The highest BCUT2D eigenvalue weighted by atomic mass is 16.6. The summed E-state index contributed by atoms with van der Waals surface area (Å²) in [5, 5.41) is 6.02. The van der Waals surface area contributed by atoms with Gasteiger partial charge in [0.25, 0.3) is 5.91 Å². The molecule has 0 saturated heterocycles. The molecule has 1 amide bonds. The molecule has 1 aliphatic rings. The number of aromatic nitrogens is 1. The van der Waals surface area contributed by atoms with Crippen LogP contribution < -0.4 is 24.8 Å². The zero-order valence-corrected chi connectivity index (χ0v) is 15.3. The lowest BCUT2D eigenvalue weighted by atomic mass is 10.2. The monoisotopic (exact) mass is 377 g/mol. The molecule has 0 spiro atoms. The van der Waals surface area contributed by atoms with Crippen LogP contribution >= 0.6 is 0 Å². The first-order chi connectivity index (χ1) is 13.7. The smallest absolute Gasteiger partial charge is 0.257 e. The van der Waals surface area contributed by atoms with Gasteiger partial charge in [-0.05, 0) is 36.4 Å². The van der Waals surface area contributed by atoms with E-state index in [0.717, 1.165) is 11.4 Å². The molecule has 0 radical (unpaired) electrons. The van der Waals surface area contributed by atoms with Crippen molar-refractivity contribution in [2.75, 3.05) is 31.0 Å². The van der Waals surface area contributed by atoms with Crippen molar-refractivity contribution in [1.29, 1.82) is 0 Å². The molecule has 7 heteroatoms. The Kier molecular flexibility index (Phi) is 4.97. The number of rotatable bonds is 5. The minimum Gasteiger partial charge on any atom is -0.497 e. The van der Waals surface area contributed by atoms with E-state index >= 15 is 0 Å². The molecule has 0 atom stereocenters. The SMILES string of the molecule is COc1cccc(Nc2ccc(C(=O)Nc3ccc4c(c3)OCCO4)cn2)c1. The fourth-order valence-electron chi connectivity index (χ4n) is 2.78. The number of carbonyl (C=O) groups is 1. The number of pyridine rings is 1. The highest BCUT2D eigenvalue weighted by molar-refractivity contribution is 6.04. The van der Waals surface area contributed by atoms with Gasteiger partial charge in [0, 0.05) is 29.7 Å². The third-order valence-corrected chi connectivity index (χ3v) is 4.17. The Morgan fingerprint density at radius 2 is 1.86 bits per heavy atom. The van der Waals surface area contributed by atoms with E-state index in [2.05, 4.69) is 15.6 Å². The summed E-state index contributed by atoms with van der Waals surface area (Å²) in [5.74, 6) is 2.43. The van der Waals surface area contributed by atoms with E-state index in [0.29, 0.717) is 41.8 Å². The number of ether oxygens (including phenoxy) is 3. The number of anilines is 3. The molecule has 28 heavy (non-hydrogen) atoms. The van der Waals surface area contributed by atoms with Gasteiger partial charge in [-0.2, -0.15) is 0 Å². The van der Waals surface area contributed by atoms with E-state index < -0.39 is 0 Å². The number of hydrogen-bond donors (Lipinski definition) is 2. The Balaban J connectivity index is 1.42. The quantitative estimate of drug-likeness (QED) is 0.703. The molecule has 3 aromatic rings. The van der Waals surface area contributed by atoms with Gasteiger partial charge in [-0.3, -0.25) is 4.79 Å². The van der Waals surface area contributed by atoms with Crippen LogP contribution in [0.1, 0.15) is 10.4 Å². The van der Waals surface area contributed by atoms with Crippen molar-refractivity contribution < 1.29 is 19.0 Å². The van der Waals surface area contributed by atoms with E-state index in [4.69, 9.17) is 14.2 Å². The number of fused-ring (bicyclic) bond motifs is 1. The maximum Gasteiger partial charge on any atom is 0.257 e. The standard InChI is InChI=1S/C21H19N3O4/c1-26-17-4-2-3-15(11-17)23-20-8-5-14(13-22-20)21(25)24-16-6-7-18-19(12-16)28-10-9-27-18/h2-8,11-13H,9-10H2,1H3,(H,22,23)(H,24,25). The van der Waals surface area contributed by atoms with E-state index in [1.54, 1.807) is 37.4 Å². The minimum absolute atomic E-state index is 0.253. The van der Waals surface area contributed by atoms with Gasteiger partial charge in [0.2, 0.25) is 0 Å². The fraction of sp³-hybridized carbons (Fsp3) is 0.143. The molecule has 1 aliphatic heterocycles. The van der Waals surface area contributed by atoms with Crippen molar-refractivity contribution in [2.24, 2.45) is 0 Å². The number of methoxy groups -OCH3 is 1. The van der Waals surface area contributed by atoms with Crippen molar-refractivity contribution in [3.05, 3.63) is 66.4 Å². The highest BCUT2D eigenvalue weighted by Gasteiger charge is 2.13. The molecule has 0 aliphatic carbocycles. The molecule has 7 nitrogen and oxygen atoms in total. The molecule has 0 fully saturated rings. The zero-order chi connectivity index (χ0) is 19.3. The van der Waals surface area contributed by atoms with Gasteiger partial charge in [0.05, 0.1) is 12.7 Å². The molecule has 0 unspecified atom stereocenters. The van der Waals surface area contributed by atoms with Gasteiger partial charge in [0.15, 0.2) is 11.5 Å². The van der Waals surface area contributed by atoms with Crippen LogP contribution in [0, 0.1) is 0 Å². The van der Waals surface area contributed by atoms with Crippen LogP contribution in [0.2, 0.25) is 0 Å². The van der Waals surface area contributed by atoms with Gasteiger partial charge in [-0.15, -0.1) is 0 Å². The van der Waals surface area contributed by atoms with E-state index in [1.807, 2.05) is 24.3 Å². The number of nitrogens with zero attached hydrogens (tertiary/aromatic N) is 1. The summed E-state index contributed by atoms with van der Waals surface area (Å²) in [5.41, 5.74) is 1.93. The molecular formula is C21H19N3O4.